The van der Waals surface area contributed by atoms with Gasteiger partial charge in [0.05, 0.1) is 5.69 Å². The summed E-state index contributed by atoms with van der Waals surface area (Å²) < 4.78 is 0. The summed E-state index contributed by atoms with van der Waals surface area (Å²) in [5, 5.41) is 4.61. The van der Waals surface area contributed by atoms with Crippen LogP contribution in [0.1, 0.15) is 50.1 Å². The third kappa shape index (κ3) is 4.94. The average Bonchev–Trinajstić information content (AvgIpc) is 2.72. The highest BCUT2D eigenvalue weighted by Gasteiger charge is 2.10. The van der Waals surface area contributed by atoms with Gasteiger partial charge in [-0.1, -0.05) is 26.7 Å². The fourth-order valence-corrected chi connectivity index (χ4v) is 2.83. The lowest BCUT2D eigenvalue weighted by molar-refractivity contribution is 0.678. The van der Waals surface area contributed by atoms with Crippen molar-refractivity contribution in [1.29, 1.82) is 0 Å². The van der Waals surface area contributed by atoms with Crippen LogP contribution in [0.25, 0.3) is 0 Å². The molecule has 0 aliphatic rings. The Balaban J connectivity index is 2.48. The fourth-order valence-electron chi connectivity index (χ4n) is 1.81. The van der Waals surface area contributed by atoms with Crippen molar-refractivity contribution in [2.24, 2.45) is 0 Å². The van der Waals surface area contributed by atoms with E-state index in [4.69, 9.17) is 0 Å². The summed E-state index contributed by atoms with van der Waals surface area (Å²) in [5.41, 5.74) is 1.18. The largest absolute Gasteiger partial charge is 0.351 e. The van der Waals surface area contributed by atoms with Gasteiger partial charge in [-0.25, -0.2) is 4.98 Å². The first-order valence-corrected chi connectivity index (χ1v) is 7.88. The molecule has 3 nitrogen and oxygen atoms in total. The summed E-state index contributed by atoms with van der Waals surface area (Å²) in [4.78, 5) is 8.34. The second-order valence-electron chi connectivity index (χ2n) is 4.81. The average molecular weight is 269 g/mol. The maximum absolute atomic E-state index is 4.67. The van der Waals surface area contributed by atoms with Gasteiger partial charge in [-0.3, -0.25) is 0 Å². The minimum Gasteiger partial charge on any atom is -0.351 e. The fraction of sp³-hybridized carbons (Fsp3) is 0.786. The van der Waals surface area contributed by atoms with Crippen LogP contribution in [0.5, 0.6) is 0 Å². The number of aromatic nitrogens is 1. The van der Waals surface area contributed by atoms with Crippen LogP contribution >= 0.6 is 11.3 Å². The number of rotatable bonds is 9. The van der Waals surface area contributed by atoms with E-state index in [1.54, 1.807) is 0 Å². The number of thiazole rings is 1. The minimum absolute atomic E-state index is 0.958. The molecule has 1 rings (SSSR count). The van der Waals surface area contributed by atoms with Gasteiger partial charge in [-0.15, -0.1) is 11.3 Å². The van der Waals surface area contributed by atoms with E-state index in [1.807, 2.05) is 11.3 Å². The maximum atomic E-state index is 4.67. The molecule has 1 aromatic heterocycles. The highest BCUT2D eigenvalue weighted by Crippen LogP contribution is 2.25. The molecule has 1 N–H and O–H groups in total. The molecule has 0 unspecified atom stereocenters. The van der Waals surface area contributed by atoms with Crippen LogP contribution in [-0.2, 0) is 6.54 Å². The van der Waals surface area contributed by atoms with Crippen molar-refractivity contribution >= 4 is 16.5 Å². The highest BCUT2D eigenvalue weighted by atomic mass is 32.1. The number of hydrogen-bond donors (Lipinski definition) is 1. The summed E-state index contributed by atoms with van der Waals surface area (Å²) in [7, 11) is 2.15. The Morgan fingerprint density at radius 1 is 1.22 bits per heavy atom. The maximum Gasteiger partial charge on any atom is 0.185 e. The summed E-state index contributed by atoms with van der Waals surface area (Å²) in [5.74, 6) is 0. The van der Waals surface area contributed by atoms with Crippen LogP contribution < -0.4 is 10.2 Å². The van der Waals surface area contributed by atoms with Gasteiger partial charge in [0.15, 0.2) is 5.13 Å². The van der Waals surface area contributed by atoms with Crippen molar-refractivity contribution in [1.82, 2.24) is 10.3 Å². The first-order chi connectivity index (χ1) is 8.69. The molecule has 0 aromatic carbocycles. The Hall–Kier alpha value is -0.610. The van der Waals surface area contributed by atoms with Crippen molar-refractivity contribution in [3.8, 4) is 0 Å². The van der Waals surface area contributed by atoms with Gasteiger partial charge in [-0.2, -0.15) is 0 Å². The van der Waals surface area contributed by atoms with Crippen LogP contribution in [-0.4, -0.2) is 25.1 Å². The number of nitrogens with zero attached hydrogens (tertiary/aromatic N) is 2. The molecule has 0 saturated heterocycles. The molecule has 1 aromatic rings. The van der Waals surface area contributed by atoms with Crippen LogP contribution in [0, 0.1) is 6.92 Å². The molecule has 4 heteroatoms. The van der Waals surface area contributed by atoms with E-state index in [-0.39, 0.29) is 0 Å². The molecule has 104 valence electrons. The molecule has 0 fully saturated rings. The Labute approximate surface area is 116 Å². The van der Waals surface area contributed by atoms with E-state index >= 15 is 0 Å². The number of nitrogens with one attached hydrogen (secondary N) is 1. The van der Waals surface area contributed by atoms with Gasteiger partial charge in [0.2, 0.25) is 0 Å². The van der Waals surface area contributed by atoms with E-state index in [0.717, 1.165) is 24.8 Å². The van der Waals surface area contributed by atoms with Crippen molar-refractivity contribution < 1.29 is 0 Å². The van der Waals surface area contributed by atoms with Crippen LogP contribution in [0.4, 0.5) is 5.13 Å². The number of anilines is 1. The standard InChI is InChI=1S/C14H27N3S/c1-5-7-8-10-17(4)14-16-12(3)13(18-14)11-15-9-6-2/h15H,5-11H2,1-4H3. The Kier molecular flexibility index (Phi) is 7.28. The SMILES string of the molecule is CCCCCN(C)c1nc(C)c(CNCCC)s1. The lowest BCUT2D eigenvalue weighted by Gasteiger charge is -2.14. The minimum atomic E-state index is 0.958. The van der Waals surface area contributed by atoms with Crippen LogP contribution in [0.3, 0.4) is 0 Å². The van der Waals surface area contributed by atoms with Crippen LogP contribution in [0.15, 0.2) is 0 Å². The quantitative estimate of drug-likeness (QED) is 0.695. The zero-order valence-electron chi connectivity index (χ0n) is 12.3. The summed E-state index contributed by atoms with van der Waals surface area (Å²) in [6.45, 7) is 9.70. The molecule has 0 amide bonds. The Morgan fingerprint density at radius 3 is 2.67 bits per heavy atom. The first kappa shape index (κ1) is 15.4. The molecular formula is C14H27N3S. The topological polar surface area (TPSA) is 28.2 Å². The predicted molar refractivity (Wildman–Crippen MR) is 81.6 cm³/mol. The second kappa shape index (κ2) is 8.48. The highest BCUT2D eigenvalue weighted by molar-refractivity contribution is 7.15. The summed E-state index contributed by atoms with van der Waals surface area (Å²) in [6.07, 6.45) is 5.02. The van der Waals surface area contributed by atoms with Crippen molar-refractivity contribution in [3.63, 3.8) is 0 Å². The van der Waals surface area contributed by atoms with Gasteiger partial charge in [0, 0.05) is 25.0 Å². The van der Waals surface area contributed by atoms with Gasteiger partial charge >= 0.3 is 0 Å². The summed E-state index contributed by atoms with van der Waals surface area (Å²) >= 11 is 1.83. The van der Waals surface area contributed by atoms with E-state index in [2.05, 4.69) is 43.0 Å². The molecule has 0 bridgehead atoms. The van der Waals surface area contributed by atoms with Gasteiger partial charge < -0.3 is 10.2 Å². The molecule has 0 radical (unpaired) electrons. The predicted octanol–water partition coefficient (Wildman–Crippen LogP) is 3.58. The Bertz CT molecular complexity index is 336. The normalized spacial score (nSPS) is 10.9. The first-order valence-electron chi connectivity index (χ1n) is 7.07. The number of unbranched alkanes of at least 4 members (excludes halogenated alkanes) is 2. The molecule has 0 atom stereocenters. The van der Waals surface area contributed by atoms with Gasteiger partial charge in [-0.05, 0) is 26.3 Å². The number of hydrogen-bond acceptors (Lipinski definition) is 4. The van der Waals surface area contributed by atoms with Crippen molar-refractivity contribution in [2.45, 2.75) is 53.0 Å². The van der Waals surface area contributed by atoms with E-state index in [9.17, 15) is 0 Å². The molecule has 0 aliphatic heterocycles. The van der Waals surface area contributed by atoms with Crippen molar-refractivity contribution in [3.05, 3.63) is 10.6 Å². The zero-order valence-corrected chi connectivity index (χ0v) is 13.1. The Morgan fingerprint density at radius 2 is 2.00 bits per heavy atom. The van der Waals surface area contributed by atoms with E-state index in [1.165, 1.54) is 36.3 Å². The molecule has 0 spiro atoms. The third-order valence-electron chi connectivity index (χ3n) is 3.02. The summed E-state index contributed by atoms with van der Waals surface area (Å²) in [6, 6.07) is 0. The zero-order chi connectivity index (χ0) is 13.4. The van der Waals surface area contributed by atoms with E-state index < -0.39 is 0 Å². The molecule has 1 heterocycles. The molecule has 0 saturated carbocycles. The van der Waals surface area contributed by atoms with Gasteiger partial charge in [0.1, 0.15) is 0 Å². The van der Waals surface area contributed by atoms with Crippen molar-refractivity contribution in [2.75, 3.05) is 25.0 Å². The molecular weight excluding hydrogens is 242 g/mol. The number of aryl methyl sites for hydroxylation is 1. The van der Waals surface area contributed by atoms with Crippen LogP contribution in [0.2, 0.25) is 0 Å². The lowest BCUT2D eigenvalue weighted by atomic mass is 10.2. The lowest BCUT2D eigenvalue weighted by Crippen LogP contribution is -2.18. The third-order valence-corrected chi connectivity index (χ3v) is 4.29. The smallest absolute Gasteiger partial charge is 0.185 e. The molecule has 18 heavy (non-hydrogen) atoms. The van der Waals surface area contributed by atoms with E-state index in [0.29, 0.717) is 0 Å². The second-order valence-corrected chi connectivity index (χ2v) is 5.87. The molecule has 0 aliphatic carbocycles. The van der Waals surface area contributed by atoms with Gasteiger partial charge in [0.25, 0.3) is 0 Å². The monoisotopic (exact) mass is 269 g/mol.